The molecule has 0 saturated carbocycles. The second-order valence-electron chi connectivity index (χ2n) is 8.56. The molecule has 32 heavy (non-hydrogen) atoms. The average molecular weight is 456 g/mol. The molecule has 3 amide bonds. The summed E-state index contributed by atoms with van der Waals surface area (Å²) < 4.78 is 7.34. The molecule has 0 N–H and O–H groups in total. The third kappa shape index (κ3) is 4.47. The standard InChI is InChI=1S/C24H29N3O4S/c1-4-17-6-5-7-19-18(12-20-23(29)27(13-16(2)3)24(30)32-20)14-26(22(17)19)15-21(28)25-8-10-31-11-9-25/h5-7,12,14,16H,4,8-11,13,15H2,1-3H3/b20-12-. The first-order valence-electron chi connectivity index (χ1n) is 11.1. The lowest BCUT2D eigenvalue weighted by Gasteiger charge is -2.27. The van der Waals surface area contributed by atoms with Gasteiger partial charge < -0.3 is 14.2 Å². The van der Waals surface area contributed by atoms with Gasteiger partial charge in [0.1, 0.15) is 6.54 Å². The Hall–Kier alpha value is -2.58. The third-order valence-electron chi connectivity index (χ3n) is 5.77. The van der Waals surface area contributed by atoms with Crippen molar-refractivity contribution in [2.45, 2.75) is 33.7 Å². The average Bonchev–Trinajstić information content (AvgIpc) is 3.26. The minimum absolute atomic E-state index is 0.0555. The first-order chi connectivity index (χ1) is 15.4. The Kier molecular flexibility index (Phi) is 6.71. The van der Waals surface area contributed by atoms with Crippen molar-refractivity contribution < 1.29 is 19.1 Å². The Balaban J connectivity index is 1.70. The van der Waals surface area contributed by atoms with Crippen molar-refractivity contribution in [1.82, 2.24) is 14.4 Å². The molecule has 170 valence electrons. The summed E-state index contributed by atoms with van der Waals surface area (Å²) in [6.45, 7) is 9.05. The second kappa shape index (κ2) is 9.50. The minimum atomic E-state index is -0.245. The van der Waals surface area contributed by atoms with Crippen molar-refractivity contribution in [3.05, 3.63) is 40.4 Å². The molecule has 0 unspecified atom stereocenters. The number of carbonyl (C=O) groups is 3. The lowest BCUT2D eigenvalue weighted by Crippen LogP contribution is -2.42. The van der Waals surface area contributed by atoms with E-state index in [-0.39, 0.29) is 29.5 Å². The lowest BCUT2D eigenvalue weighted by atomic mass is 10.1. The van der Waals surface area contributed by atoms with E-state index in [1.165, 1.54) is 4.90 Å². The summed E-state index contributed by atoms with van der Waals surface area (Å²) in [5.41, 5.74) is 2.99. The topological polar surface area (TPSA) is 71.9 Å². The van der Waals surface area contributed by atoms with Gasteiger partial charge in [-0.05, 0) is 35.7 Å². The molecule has 8 heteroatoms. The Morgan fingerprint density at radius 3 is 2.66 bits per heavy atom. The number of imide groups is 1. The third-order valence-corrected chi connectivity index (χ3v) is 6.68. The van der Waals surface area contributed by atoms with Crippen LogP contribution in [0, 0.1) is 5.92 Å². The highest BCUT2D eigenvalue weighted by atomic mass is 32.2. The van der Waals surface area contributed by atoms with Gasteiger partial charge in [-0.25, -0.2) is 0 Å². The molecule has 2 aliphatic heterocycles. The molecule has 2 aliphatic rings. The van der Waals surface area contributed by atoms with Gasteiger partial charge >= 0.3 is 0 Å². The smallest absolute Gasteiger partial charge is 0.293 e. The largest absolute Gasteiger partial charge is 0.378 e. The van der Waals surface area contributed by atoms with Crippen LogP contribution in [0.4, 0.5) is 4.79 Å². The predicted octanol–water partition coefficient (Wildman–Crippen LogP) is 3.75. The van der Waals surface area contributed by atoms with Crippen LogP contribution in [0.15, 0.2) is 29.3 Å². The number of nitrogens with zero attached hydrogens (tertiary/aromatic N) is 3. The number of benzene rings is 1. The quantitative estimate of drug-likeness (QED) is 0.621. The molecule has 0 aliphatic carbocycles. The maximum Gasteiger partial charge on any atom is 0.293 e. The summed E-state index contributed by atoms with van der Waals surface area (Å²) in [5, 5.41) is 0.755. The predicted molar refractivity (Wildman–Crippen MR) is 126 cm³/mol. The van der Waals surface area contributed by atoms with Crippen molar-refractivity contribution in [3.63, 3.8) is 0 Å². The number of aromatic nitrogens is 1. The zero-order valence-electron chi connectivity index (χ0n) is 18.8. The molecule has 2 saturated heterocycles. The molecule has 4 rings (SSSR count). The summed E-state index contributed by atoms with van der Waals surface area (Å²) in [4.78, 5) is 41.7. The Bertz CT molecular complexity index is 1080. The number of para-hydroxylation sites is 1. The van der Waals surface area contributed by atoms with Crippen LogP contribution in [0.2, 0.25) is 0 Å². The monoisotopic (exact) mass is 455 g/mol. The number of hydrogen-bond acceptors (Lipinski definition) is 5. The van der Waals surface area contributed by atoms with Gasteiger partial charge in [-0.1, -0.05) is 39.0 Å². The van der Waals surface area contributed by atoms with Crippen LogP contribution >= 0.6 is 11.8 Å². The number of morpholine rings is 1. The number of aryl methyl sites for hydroxylation is 1. The normalized spacial score (nSPS) is 18.6. The van der Waals surface area contributed by atoms with Crippen LogP contribution in [-0.4, -0.2) is 64.3 Å². The summed E-state index contributed by atoms with van der Waals surface area (Å²) in [7, 11) is 0. The van der Waals surface area contributed by atoms with Gasteiger partial charge in [-0.15, -0.1) is 0 Å². The summed E-state index contributed by atoms with van der Waals surface area (Å²) in [6, 6.07) is 6.07. The fourth-order valence-electron chi connectivity index (χ4n) is 4.21. The van der Waals surface area contributed by atoms with Crippen molar-refractivity contribution in [3.8, 4) is 0 Å². The van der Waals surface area contributed by atoms with Gasteiger partial charge in [0.05, 0.1) is 23.6 Å². The molecule has 0 bridgehead atoms. The maximum atomic E-state index is 12.9. The summed E-state index contributed by atoms with van der Waals surface area (Å²) in [5.74, 6) is 0.0219. The van der Waals surface area contributed by atoms with Crippen molar-refractivity contribution >= 4 is 45.8 Å². The zero-order valence-corrected chi connectivity index (χ0v) is 19.6. The summed E-state index contributed by atoms with van der Waals surface area (Å²) in [6.07, 6.45) is 4.55. The molecule has 2 aromatic rings. The first kappa shape index (κ1) is 22.6. The molecular weight excluding hydrogens is 426 g/mol. The highest BCUT2D eigenvalue weighted by Gasteiger charge is 2.35. The van der Waals surface area contributed by atoms with E-state index in [0.29, 0.717) is 37.8 Å². The zero-order chi connectivity index (χ0) is 22.8. The Labute approximate surface area is 192 Å². The molecule has 0 atom stereocenters. The molecular formula is C24H29N3O4S. The van der Waals surface area contributed by atoms with Gasteiger partial charge in [-0.3, -0.25) is 19.3 Å². The number of fused-ring (bicyclic) bond motifs is 1. The van der Waals surface area contributed by atoms with Crippen LogP contribution in [0.5, 0.6) is 0 Å². The van der Waals surface area contributed by atoms with Gasteiger partial charge in [0.2, 0.25) is 5.91 Å². The summed E-state index contributed by atoms with van der Waals surface area (Å²) >= 11 is 0.983. The van der Waals surface area contributed by atoms with E-state index in [1.807, 2.05) is 41.6 Å². The van der Waals surface area contributed by atoms with E-state index in [0.717, 1.165) is 40.2 Å². The van der Waals surface area contributed by atoms with E-state index < -0.39 is 0 Å². The maximum absolute atomic E-state index is 12.9. The van der Waals surface area contributed by atoms with Crippen molar-refractivity contribution in [2.75, 3.05) is 32.8 Å². The van der Waals surface area contributed by atoms with E-state index in [2.05, 4.69) is 13.0 Å². The van der Waals surface area contributed by atoms with E-state index >= 15 is 0 Å². The van der Waals surface area contributed by atoms with Crippen LogP contribution < -0.4 is 0 Å². The number of rotatable bonds is 6. The van der Waals surface area contributed by atoms with Gasteiger partial charge in [0.15, 0.2) is 0 Å². The van der Waals surface area contributed by atoms with Crippen LogP contribution in [0.25, 0.3) is 17.0 Å². The number of ether oxygens (including phenoxy) is 1. The van der Waals surface area contributed by atoms with E-state index in [1.54, 1.807) is 6.08 Å². The molecule has 3 heterocycles. The SMILES string of the molecule is CCc1cccc2c(/C=C3\SC(=O)N(CC(C)C)C3=O)cn(CC(=O)N3CCOCC3)c12. The van der Waals surface area contributed by atoms with Crippen molar-refractivity contribution in [1.29, 1.82) is 0 Å². The number of carbonyl (C=O) groups excluding carboxylic acids is 3. The van der Waals surface area contributed by atoms with Gasteiger partial charge in [0.25, 0.3) is 11.1 Å². The van der Waals surface area contributed by atoms with Gasteiger partial charge in [0, 0.05) is 36.8 Å². The van der Waals surface area contributed by atoms with E-state index in [4.69, 9.17) is 4.74 Å². The molecule has 1 aromatic carbocycles. The van der Waals surface area contributed by atoms with E-state index in [9.17, 15) is 14.4 Å². The highest BCUT2D eigenvalue weighted by molar-refractivity contribution is 8.18. The molecule has 2 fully saturated rings. The molecule has 0 spiro atoms. The molecule has 1 aromatic heterocycles. The first-order valence-corrected chi connectivity index (χ1v) is 11.9. The molecule has 0 radical (unpaired) electrons. The molecule has 7 nitrogen and oxygen atoms in total. The fourth-order valence-corrected chi connectivity index (χ4v) is 5.05. The van der Waals surface area contributed by atoms with Crippen LogP contribution in [0.1, 0.15) is 31.9 Å². The van der Waals surface area contributed by atoms with Gasteiger partial charge in [-0.2, -0.15) is 0 Å². The minimum Gasteiger partial charge on any atom is -0.378 e. The number of hydrogen-bond donors (Lipinski definition) is 0. The second-order valence-corrected chi connectivity index (χ2v) is 9.55. The Morgan fingerprint density at radius 2 is 1.97 bits per heavy atom. The highest BCUT2D eigenvalue weighted by Crippen LogP contribution is 2.35. The lowest BCUT2D eigenvalue weighted by molar-refractivity contribution is -0.135. The number of thioether (sulfide) groups is 1. The van der Waals surface area contributed by atoms with Crippen LogP contribution in [-0.2, 0) is 27.3 Å². The number of amides is 3. The fraction of sp³-hybridized carbons (Fsp3) is 0.458. The van der Waals surface area contributed by atoms with Crippen molar-refractivity contribution in [2.24, 2.45) is 5.92 Å². The van der Waals surface area contributed by atoms with Crippen LogP contribution in [0.3, 0.4) is 0 Å². The Morgan fingerprint density at radius 1 is 1.22 bits per heavy atom.